The molecule has 27 heavy (non-hydrogen) atoms. The summed E-state index contributed by atoms with van der Waals surface area (Å²) in [6, 6.07) is 15.3. The maximum Gasteiger partial charge on any atom is 0.321 e. The number of carbonyl (C=O) groups excluding carboxylic acids is 1. The van der Waals surface area contributed by atoms with Crippen LogP contribution in [0.15, 0.2) is 54.6 Å². The third-order valence-electron chi connectivity index (χ3n) is 4.21. The molecule has 1 aliphatic heterocycles. The van der Waals surface area contributed by atoms with Crippen molar-refractivity contribution in [3.8, 4) is 0 Å². The van der Waals surface area contributed by atoms with Gasteiger partial charge in [-0.25, -0.2) is 4.79 Å². The summed E-state index contributed by atoms with van der Waals surface area (Å²) in [6.45, 7) is 2.34. The second kappa shape index (κ2) is 8.45. The SMILES string of the molecule is O=C(Nc1ccccc1)N1CCN(C(=S)Nc2ccc([N+](=O)[O-])cc2)CC1. The van der Waals surface area contributed by atoms with Gasteiger partial charge in [0, 0.05) is 49.7 Å². The van der Waals surface area contributed by atoms with Crippen molar-refractivity contribution in [2.24, 2.45) is 0 Å². The number of nitrogens with one attached hydrogen (secondary N) is 2. The molecule has 0 saturated carbocycles. The molecule has 0 aliphatic carbocycles. The molecule has 1 heterocycles. The summed E-state index contributed by atoms with van der Waals surface area (Å²) in [6.07, 6.45) is 0. The number of nitro benzene ring substituents is 1. The fourth-order valence-electron chi connectivity index (χ4n) is 2.71. The van der Waals surface area contributed by atoms with E-state index in [4.69, 9.17) is 12.2 Å². The Hall–Kier alpha value is -3.20. The minimum absolute atomic E-state index is 0.0320. The number of non-ortho nitro benzene ring substituents is 1. The van der Waals surface area contributed by atoms with Crippen LogP contribution in [0.25, 0.3) is 0 Å². The first-order valence-corrected chi connectivity index (χ1v) is 8.85. The summed E-state index contributed by atoms with van der Waals surface area (Å²) in [5, 5.41) is 17.2. The lowest BCUT2D eigenvalue weighted by atomic mass is 10.3. The fraction of sp³-hybridized carbons (Fsp3) is 0.222. The molecule has 3 rings (SSSR count). The Bertz CT molecular complexity index is 821. The van der Waals surface area contributed by atoms with Gasteiger partial charge in [-0.2, -0.15) is 0 Å². The highest BCUT2D eigenvalue weighted by atomic mass is 32.1. The second-order valence-electron chi connectivity index (χ2n) is 6.00. The average Bonchev–Trinajstić information content (AvgIpc) is 2.69. The van der Waals surface area contributed by atoms with Crippen molar-refractivity contribution >= 4 is 40.4 Å². The van der Waals surface area contributed by atoms with E-state index < -0.39 is 4.92 Å². The van der Waals surface area contributed by atoms with Crippen LogP contribution < -0.4 is 10.6 Å². The predicted molar refractivity (Wildman–Crippen MR) is 108 cm³/mol. The molecule has 0 unspecified atom stereocenters. The Labute approximate surface area is 161 Å². The monoisotopic (exact) mass is 385 g/mol. The van der Waals surface area contributed by atoms with Gasteiger partial charge in [-0.1, -0.05) is 18.2 Å². The van der Waals surface area contributed by atoms with Crippen LogP contribution >= 0.6 is 12.2 Å². The van der Waals surface area contributed by atoms with E-state index in [-0.39, 0.29) is 11.7 Å². The number of hydrogen-bond acceptors (Lipinski definition) is 4. The van der Waals surface area contributed by atoms with Crippen molar-refractivity contribution in [2.75, 3.05) is 36.8 Å². The molecule has 2 amide bonds. The molecule has 2 aromatic carbocycles. The Balaban J connectivity index is 1.48. The molecule has 2 aromatic rings. The molecular weight excluding hydrogens is 366 g/mol. The number of rotatable bonds is 3. The third kappa shape index (κ3) is 4.91. The number of benzene rings is 2. The first-order chi connectivity index (χ1) is 13.0. The zero-order valence-corrected chi connectivity index (χ0v) is 15.3. The van der Waals surface area contributed by atoms with E-state index in [0.29, 0.717) is 37.0 Å². The lowest BCUT2D eigenvalue weighted by molar-refractivity contribution is -0.384. The highest BCUT2D eigenvalue weighted by Gasteiger charge is 2.22. The summed E-state index contributed by atoms with van der Waals surface area (Å²) < 4.78 is 0. The number of anilines is 2. The summed E-state index contributed by atoms with van der Waals surface area (Å²) in [4.78, 5) is 26.3. The van der Waals surface area contributed by atoms with Gasteiger partial charge < -0.3 is 20.4 Å². The lowest BCUT2D eigenvalue weighted by Gasteiger charge is -2.36. The highest BCUT2D eigenvalue weighted by Crippen LogP contribution is 2.16. The van der Waals surface area contributed by atoms with Gasteiger partial charge >= 0.3 is 6.03 Å². The number of hydrogen-bond donors (Lipinski definition) is 2. The van der Waals surface area contributed by atoms with Gasteiger partial charge in [-0.05, 0) is 36.5 Å². The minimum atomic E-state index is -0.443. The molecule has 0 spiro atoms. The number of thiocarbonyl (C=S) groups is 1. The van der Waals surface area contributed by atoms with Crippen LogP contribution in [0.5, 0.6) is 0 Å². The van der Waals surface area contributed by atoms with Gasteiger partial charge in [0.05, 0.1) is 4.92 Å². The molecule has 0 bridgehead atoms. The molecule has 1 fully saturated rings. The number of para-hydroxylation sites is 1. The van der Waals surface area contributed by atoms with E-state index in [0.717, 1.165) is 5.69 Å². The first kappa shape index (κ1) is 18.6. The lowest BCUT2D eigenvalue weighted by Crippen LogP contribution is -2.52. The maximum absolute atomic E-state index is 12.3. The quantitative estimate of drug-likeness (QED) is 0.479. The molecule has 1 saturated heterocycles. The standard InChI is InChI=1S/C18H19N5O3S/c24-17(19-14-4-2-1-3-5-14)21-10-12-22(13-11-21)18(27)20-15-6-8-16(9-7-15)23(25)26/h1-9H,10-13H2,(H,19,24)(H,20,27). The Morgan fingerprint density at radius 2 is 1.44 bits per heavy atom. The summed E-state index contributed by atoms with van der Waals surface area (Å²) in [7, 11) is 0. The van der Waals surface area contributed by atoms with Gasteiger partial charge in [0.15, 0.2) is 5.11 Å². The van der Waals surface area contributed by atoms with Crippen LogP contribution in [-0.2, 0) is 0 Å². The number of piperazine rings is 1. The molecule has 0 atom stereocenters. The number of carbonyl (C=O) groups is 1. The predicted octanol–water partition coefficient (Wildman–Crippen LogP) is 3.14. The Kier molecular flexibility index (Phi) is 5.82. The van der Waals surface area contributed by atoms with E-state index >= 15 is 0 Å². The number of nitro groups is 1. The highest BCUT2D eigenvalue weighted by molar-refractivity contribution is 7.80. The molecule has 9 heteroatoms. The van der Waals surface area contributed by atoms with Crippen molar-refractivity contribution in [3.05, 3.63) is 64.7 Å². The first-order valence-electron chi connectivity index (χ1n) is 8.44. The van der Waals surface area contributed by atoms with E-state index in [2.05, 4.69) is 10.6 Å². The zero-order chi connectivity index (χ0) is 19.2. The minimum Gasteiger partial charge on any atom is -0.345 e. The van der Waals surface area contributed by atoms with E-state index in [9.17, 15) is 14.9 Å². The average molecular weight is 385 g/mol. The molecule has 8 nitrogen and oxygen atoms in total. The fourth-order valence-corrected chi connectivity index (χ4v) is 3.01. The van der Waals surface area contributed by atoms with Gasteiger partial charge in [0.1, 0.15) is 0 Å². The van der Waals surface area contributed by atoms with Crippen LogP contribution in [0, 0.1) is 10.1 Å². The van der Waals surface area contributed by atoms with E-state index in [1.54, 1.807) is 17.0 Å². The molecule has 2 N–H and O–H groups in total. The van der Waals surface area contributed by atoms with Gasteiger partial charge in [0.25, 0.3) is 5.69 Å². The molecular formula is C18H19N5O3S. The molecule has 140 valence electrons. The zero-order valence-electron chi connectivity index (χ0n) is 14.5. The Morgan fingerprint density at radius 1 is 0.889 bits per heavy atom. The van der Waals surface area contributed by atoms with Crippen molar-refractivity contribution in [1.29, 1.82) is 0 Å². The van der Waals surface area contributed by atoms with Crippen LogP contribution in [0.2, 0.25) is 0 Å². The second-order valence-corrected chi connectivity index (χ2v) is 6.39. The van der Waals surface area contributed by atoms with Crippen molar-refractivity contribution in [3.63, 3.8) is 0 Å². The van der Waals surface area contributed by atoms with Crippen molar-refractivity contribution in [2.45, 2.75) is 0 Å². The van der Waals surface area contributed by atoms with Gasteiger partial charge in [0.2, 0.25) is 0 Å². The Morgan fingerprint density at radius 3 is 2.04 bits per heavy atom. The van der Waals surface area contributed by atoms with Crippen LogP contribution in [0.3, 0.4) is 0 Å². The van der Waals surface area contributed by atoms with E-state index in [1.165, 1.54) is 12.1 Å². The van der Waals surface area contributed by atoms with Crippen molar-refractivity contribution in [1.82, 2.24) is 9.80 Å². The summed E-state index contributed by atoms with van der Waals surface area (Å²) in [5.74, 6) is 0. The summed E-state index contributed by atoms with van der Waals surface area (Å²) in [5.41, 5.74) is 1.49. The largest absolute Gasteiger partial charge is 0.345 e. The van der Waals surface area contributed by atoms with E-state index in [1.807, 2.05) is 35.2 Å². The maximum atomic E-state index is 12.3. The van der Waals surface area contributed by atoms with Crippen molar-refractivity contribution < 1.29 is 9.72 Å². The molecule has 0 aromatic heterocycles. The number of urea groups is 1. The normalized spacial score (nSPS) is 13.8. The third-order valence-corrected chi connectivity index (χ3v) is 4.57. The number of nitrogens with zero attached hydrogens (tertiary/aromatic N) is 3. The summed E-state index contributed by atoms with van der Waals surface area (Å²) >= 11 is 5.41. The molecule has 1 aliphatic rings. The smallest absolute Gasteiger partial charge is 0.321 e. The topological polar surface area (TPSA) is 90.8 Å². The molecule has 0 radical (unpaired) electrons. The van der Waals surface area contributed by atoms with Crippen LogP contribution in [-0.4, -0.2) is 52.0 Å². The van der Waals surface area contributed by atoms with Crippen LogP contribution in [0.4, 0.5) is 21.9 Å². The van der Waals surface area contributed by atoms with Gasteiger partial charge in [-0.3, -0.25) is 10.1 Å². The number of amides is 2. The van der Waals surface area contributed by atoms with Crippen LogP contribution in [0.1, 0.15) is 0 Å². The van der Waals surface area contributed by atoms with Gasteiger partial charge in [-0.15, -0.1) is 0 Å².